The lowest BCUT2D eigenvalue weighted by atomic mass is 10.1. The van der Waals surface area contributed by atoms with E-state index in [-0.39, 0.29) is 34.2 Å². The lowest BCUT2D eigenvalue weighted by molar-refractivity contribution is -0.116. The minimum absolute atomic E-state index is 0.0315. The number of carbonyl (C=O) groups is 2. The van der Waals surface area contributed by atoms with Crippen molar-refractivity contribution in [1.29, 1.82) is 0 Å². The Kier molecular flexibility index (Phi) is 7.50. The second-order valence-corrected chi connectivity index (χ2v) is 9.23. The summed E-state index contributed by atoms with van der Waals surface area (Å²) in [5, 5.41) is 2.97. The van der Waals surface area contributed by atoms with Gasteiger partial charge in [-0.2, -0.15) is 0 Å². The Hall–Kier alpha value is -2.94. The second kappa shape index (κ2) is 10.1. The van der Waals surface area contributed by atoms with Crippen molar-refractivity contribution >= 4 is 56.3 Å². The predicted molar refractivity (Wildman–Crippen MR) is 122 cm³/mol. The van der Waals surface area contributed by atoms with E-state index in [1.807, 2.05) is 0 Å². The van der Waals surface area contributed by atoms with Crippen molar-refractivity contribution in [2.45, 2.75) is 17.7 Å². The predicted octanol–water partition coefficient (Wildman–Crippen LogP) is 5.53. The lowest BCUT2D eigenvalue weighted by Gasteiger charge is -2.12. The molecule has 0 saturated heterocycles. The molecule has 0 atom stereocenters. The fourth-order valence-electron chi connectivity index (χ4n) is 2.75. The Morgan fingerprint density at radius 3 is 2.12 bits per heavy atom. The summed E-state index contributed by atoms with van der Waals surface area (Å²) in [6.45, 7) is 0. The highest BCUT2D eigenvalue weighted by Crippen LogP contribution is 2.27. The van der Waals surface area contributed by atoms with Crippen LogP contribution in [0, 0.1) is 5.82 Å². The molecular weight excluding hydrogens is 478 g/mol. The largest absolute Gasteiger partial charge is 0.326 e. The van der Waals surface area contributed by atoms with Gasteiger partial charge < -0.3 is 5.32 Å². The summed E-state index contributed by atoms with van der Waals surface area (Å²) >= 11 is 11.9. The fraction of sp³-hybridized carbons (Fsp3) is 0.0909. The summed E-state index contributed by atoms with van der Waals surface area (Å²) in [6, 6.07) is 15.1. The Balaban J connectivity index is 1.66. The maximum atomic E-state index is 13.0. The van der Waals surface area contributed by atoms with Gasteiger partial charge in [0, 0.05) is 34.8 Å². The number of hydrogen-bond acceptors (Lipinski definition) is 4. The third-order valence-corrected chi connectivity index (χ3v) is 6.46. The van der Waals surface area contributed by atoms with Crippen LogP contribution in [0.15, 0.2) is 71.6 Å². The standard InChI is InChI=1S/C22H17Cl2FN2O4S/c23-15-3-7-17(8-4-15)27-32(30,31)21-13-18(9-10-19(21)24)26-22(29)12-11-20(28)14-1-5-16(25)6-2-14/h1-10,13,27H,11-12H2,(H,26,29). The molecule has 0 fully saturated rings. The first-order valence-corrected chi connectivity index (χ1v) is 11.5. The van der Waals surface area contributed by atoms with Gasteiger partial charge in [0.25, 0.3) is 10.0 Å². The molecule has 0 saturated carbocycles. The van der Waals surface area contributed by atoms with Crippen LogP contribution in [0.4, 0.5) is 15.8 Å². The highest BCUT2D eigenvalue weighted by Gasteiger charge is 2.19. The summed E-state index contributed by atoms with van der Waals surface area (Å²) < 4.78 is 40.8. The number of benzene rings is 3. The molecular formula is C22H17Cl2FN2O4S. The molecule has 0 unspecified atom stereocenters. The SMILES string of the molecule is O=C(CCC(=O)c1ccc(F)cc1)Nc1ccc(Cl)c(S(=O)(=O)Nc2ccc(Cl)cc2)c1. The van der Waals surface area contributed by atoms with Crippen LogP contribution in [0.3, 0.4) is 0 Å². The van der Waals surface area contributed by atoms with Crippen LogP contribution in [0.2, 0.25) is 10.0 Å². The van der Waals surface area contributed by atoms with Crippen molar-refractivity contribution in [3.63, 3.8) is 0 Å². The van der Waals surface area contributed by atoms with Crippen LogP contribution in [0.25, 0.3) is 0 Å². The highest BCUT2D eigenvalue weighted by atomic mass is 35.5. The van der Waals surface area contributed by atoms with Crippen LogP contribution >= 0.6 is 23.2 Å². The molecule has 0 aliphatic carbocycles. The van der Waals surface area contributed by atoms with Crippen LogP contribution < -0.4 is 10.0 Å². The van der Waals surface area contributed by atoms with Crippen molar-refractivity contribution in [2.24, 2.45) is 0 Å². The lowest BCUT2D eigenvalue weighted by Crippen LogP contribution is -2.16. The number of anilines is 2. The van der Waals surface area contributed by atoms with Gasteiger partial charge in [-0.25, -0.2) is 12.8 Å². The van der Waals surface area contributed by atoms with Crippen molar-refractivity contribution < 1.29 is 22.4 Å². The van der Waals surface area contributed by atoms with E-state index in [0.717, 1.165) is 0 Å². The first-order chi connectivity index (χ1) is 15.1. The minimum atomic E-state index is -4.04. The normalized spacial score (nSPS) is 11.1. The number of carbonyl (C=O) groups excluding carboxylic acids is 2. The van der Waals surface area contributed by atoms with Crippen LogP contribution in [0.1, 0.15) is 23.2 Å². The summed E-state index contributed by atoms with van der Waals surface area (Å²) in [4.78, 5) is 24.1. The average molecular weight is 495 g/mol. The third-order valence-electron chi connectivity index (χ3n) is 4.35. The van der Waals surface area contributed by atoms with E-state index >= 15 is 0 Å². The monoisotopic (exact) mass is 494 g/mol. The number of halogens is 3. The Morgan fingerprint density at radius 2 is 1.47 bits per heavy atom. The van der Waals surface area contributed by atoms with Gasteiger partial charge in [0.15, 0.2) is 5.78 Å². The average Bonchev–Trinajstić information content (AvgIpc) is 2.75. The van der Waals surface area contributed by atoms with Gasteiger partial charge in [-0.15, -0.1) is 0 Å². The Morgan fingerprint density at radius 1 is 0.844 bits per heavy atom. The summed E-state index contributed by atoms with van der Waals surface area (Å²) in [7, 11) is -4.04. The van der Waals surface area contributed by atoms with Crippen LogP contribution in [0.5, 0.6) is 0 Å². The molecule has 166 valence electrons. The van der Waals surface area contributed by atoms with Gasteiger partial charge in [-0.1, -0.05) is 23.2 Å². The van der Waals surface area contributed by atoms with E-state index < -0.39 is 21.7 Å². The van der Waals surface area contributed by atoms with Gasteiger partial charge in [-0.3, -0.25) is 14.3 Å². The number of ketones is 1. The molecule has 1 amide bonds. The second-order valence-electron chi connectivity index (χ2n) is 6.74. The summed E-state index contributed by atoms with van der Waals surface area (Å²) in [5.41, 5.74) is 0.789. The molecule has 32 heavy (non-hydrogen) atoms. The zero-order valence-electron chi connectivity index (χ0n) is 16.4. The molecule has 0 bridgehead atoms. The van der Waals surface area contributed by atoms with E-state index in [9.17, 15) is 22.4 Å². The Bertz CT molecular complexity index is 1250. The molecule has 3 aromatic rings. The van der Waals surface area contributed by atoms with E-state index in [2.05, 4.69) is 10.0 Å². The quantitative estimate of drug-likeness (QED) is 0.402. The first kappa shape index (κ1) is 23.7. The topological polar surface area (TPSA) is 92.3 Å². The molecule has 0 aliphatic heterocycles. The summed E-state index contributed by atoms with van der Waals surface area (Å²) in [5.74, 6) is -1.26. The molecule has 0 aromatic heterocycles. The van der Waals surface area contributed by atoms with Crippen LogP contribution in [-0.2, 0) is 14.8 Å². The van der Waals surface area contributed by atoms with Gasteiger partial charge in [0.1, 0.15) is 10.7 Å². The minimum Gasteiger partial charge on any atom is -0.326 e. The van der Waals surface area contributed by atoms with Gasteiger partial charge in [0.05, 0.1) is 5.02 Å². The Labute approximate surface area is 194 Å². The number of hydrogen-bond donors (Lipinski definition) is 2. The van der Waals surface area contributed by atoms with Crippen molar-refractivity contribution in [1.82, 2.24) is 0 Å². The summed E-state index contributed by atoms with van der Waals surface area (Å²) in [6.07, 6.45) is -0.224. The molecule has 10 heteroatoms. The molecule has 0 spiro atoms. The zero-order chi connectivity index (χ0) is 23.3. The van der Waals surface area contributed by atoms with E-state index in [1.54, 1.807) is 0 Å². The maximum Gasteiger partial charge on any atom is 0.263 e. The van der Waals surface area contributed by atoms with Gasteiger partial charge >= 0.3 is 0 Å². The number of rotatable bonds is 8. The van der Waals surface area contributed by atoms with Crippen molar-refractivity contribution in [2.75, 3.05) is 10.0 Å². The number of nitrogens with one attached hydrogen (secondary N) is 2. The van der Waals surface area contributed by atoms with E-state index in [1.165, 1.54) is 66.7 Å². The number of amides is 1. The zero-order valence-corrected chi connectivity index (χ0v) is 18.8. The molecule has 3 aromatic carbocycles. The number of Topliss-reactive ketones (excluding diaryl/α,β-unsaturated/α-hetero) is 1. The van der Waals surface area contributed by atoms with Crippen LogP contribution in [-0.4, -0.2) is 20.1 Å². The third kappa shape index (κ3) is 6.29. The van der Waals surface area contributed by atoms with Crippen molar-refractivity contribution in [3.8, 4) is 0 Å². The molecule has 2 N–H and O–H groups in total. The van der Waals surface area contributed by atoms with Gasteiger partial charge in [-0.05, 0) is 66.7 Å². The van der Waals surface area contributed by atoms with Crippen molar-refractivity contribution in [3.05, 3.63) is 88.2 Å². The van der Waals surface area contributed by atoms with E-state index in [0.29, 0.717) is 16.3 Å². The number of sulfonamides is 1. The molecule has 0 heterocycles. The highest BCUT2D eigenvalue weighted by molar-refractivity contribution is 7.92. The first-order valence-electron chi connectivity index (χ1n) is 9.30. The molecule has 0 aliphatic rings. The smallest absolute Gasteiger partial charge is 0.263 e. The molecule has 3 rings (SSSR count). The molecule has 6 nitrogen and oxygen atoms in total. The maximum absolute atomic E-state index is 13.0. The van der Waals surface area contributed by atoms with E-state index in [4.69, 9.17) is 23.2 Å². The van der Waals surface area contributed by atoms with Gasteiger partial charge in [0.2, 0.25) is 5.91 Å². The fourth-order valence-corrected chi connectivity index (χ4v) is 4.46. The molecule has 0 radical (unpaired) electrons.